The molecule has 130 valence electrons. The molecule has 1 aliphatic rings. The van der Waals surface area contributed by atoms with Crippen molar-refractivity contribution in [3.05, 3.63) is 26.2 Å². The lowest BCUT2D eigenvalue weighted by molar-refractivity contribution is -0.123. The van der Waals surface area contributed by atoms with Gasteiger partial charge in [0, 0.05) is 6.04 Å². The van der Waals surface area contributed by atoms with Gasteiger partial charge in [-0.25, -0.2) is 0 Å². The average molecular weight is 461 g/mol. The molecule has 0 radical (unpaired) electrons. The first-order valence-electron chi connectivity index (χ1n) is 7.55. The molecule has 0 aliphatic carbocycles. The van der Waals surface area contributed by atoms with Gasteiger partial charge in [0.25, 0.3) is 11.1 Å². The van der Waals surface area contributed by atoms with Gasteiger partial charge in [-0.05, 0) is 85.8 Å². The zero-order chi connectivity index (χ0) is 18.0. The normalized spacial score (nSPS) is 16.7. The molecule has 1 aromatic carbocycles. The van der Waals surface area contributed by atoms with Gasteiger partial charge in [0.1, 0.15) is 0 Å². The van der Waals surface area contributed by atoms with E-state index in [1.165, 1.54) is 4.90 Å². The number of thioether (sulfide) groups is 1. The van der Waals surface area contributed by atoms with Gasteiger partial charge in [0.05, 0.1) is 21.7 Å². The third-order valence-corrected chi connectivity index (χ3v) is 4.93. The summed E-state index contributed by atoms with van der Waals surface area (Å²) in [4.78, 5) is 26.0. The lowest BCUT2D eigenvalue weighted by atomic mass is 10.1. The summed E-state index contributed by atoms with van der Waals surface area (Å²) in [6.07, 6.45) is 1.75. The van der Waals surface area contributed by atoms with Gasteiger partial charge >= 0.3 is 0 Å². The van der Waals surface area contributed by atoms with Crippen LogP contribution in [0.3, 0.4) is 0 Å². The van der Waals surface area contributed by atoms with Crippen LogP contribution in [0.1, 0.15) is 33.3 Å². The summed E-state index contributed by atoms with van der Waals surface area (Å²) in [6.45, 7) is 7.54. The van der Waals surface area contributed by atoms with E-state index in [0.717, 1.165) is 20.9 Å². The Labute approximate surface area is 159 Å². The van der Waals surface area contributed by atoms with Crippen molar-refractivity contribution >= 4 is 51.6 Å². The number of halogens is 1. The molecule has 0 N–H and O–H groups in total. The van der Waals surface area contributed by atoms with E-state index in [-0.39, 0.29) is 23.3 Å². The van der Waals surface area contributed by atoms with Crippen molar-refractivity contribution in [1.82, 2.24) is 4.90 Å². The Balaban J connectivity index is 2.39. The molecular weight excluding hydrogens is 441 g/mol. The number of ether oxygens (including phenoxy) is 2. The molecular formula is C17H20INO4S. The summed E-state index contributed by atoms with van der Waals surface area (Å²) in [6, 6.07) is 3.56. The summed E-state index contributed by atoms with van der Waals surface area (Å²) < 4.78 is 12.1. The first-order valence-corrected chi connectivity index (χ1v) is 9.45. The van der Waals surface area contributed by atoms with Crippen molar-refractivity contribution in [2.75, 3.05) is 7.11 Å². The number of imide groups is 1. The van der Waals surface area contributed by atoms with Crippen molar-refractivity contribution in [2.24, 2.45) is 0 Å². The first-order chi connectivity index (χ1) is 11.2. The molecule has 2 amide bonds. The average Bonchev–Trinajstić information content (AvgIpc) is 2.75. The number of hydrogen-bond acceptors (Lipinski definition) is 5. The maximum Gasteiger partial charge on any atom is 0.293 e. The molecule has 0 unspecified atom stereocenters. The largest absolute Gasteiger partial charge is 0.493 e. The number of methoxy groups -OCH3 is 1. The minimum absolute atomic E-state index is 0.0285. The van der Waals surface area contributed by atoms with E-state index in [2.05, 4.69) is 22.6 Å². The Morgan fingerprint density at radius 2 is 1.88 bits per heavy atom. The van der Waals surface area contributed by atoms with Crippen LogP contribution in [-0.2, 0) is 4.79 Å². The van der Waals surface area contributed by atoms with Gasteiger partial charge in [-0.1, -0.05) is 0 Å². The van der Waals surface area contributed by atoms with Gasteiger partial charge < -0.3 is 9.47 Å². The lowest BCUT2D eigenvalue weighted by Gasteiger charge is -2.16. The molecule has 1 heterocycles. The number of nitrogens with zero attached hydrogens (tertiary/aromatic N) is 1. The van der Waals surface area contributed by atoms with E-state index < -0.39 is 0 Å². The van der Waals surface area contributed by atoms with E-state index in [1.807, 2.05) is 39.8 Å². The zero-order valence-electron chi connectivity index (χ0n) is 14.3. The van der Waals surface area contributed by atoms with Crippen LogP contribution in [0, 0.1) is 3.57 Å². The van der Waals surface area contributed by atoms with Gasteiger partial charge in [0.15, 0.2) is 11.5 Å². The van der Waals surface area contributed by atoms with Crippen LogP contribution in [-0.4, -0.2) is 35.3 Å². The predicted octanol–water partition coefficient (Wildman–Crippen LogP) is 4.53. The molecule has 0 saturated carbocycles. The number of amides is 2. The number of carbonyl (C=O) groups is 2. The highest BCUT2D eigenvalue weighted by Crippen LogP contribution is 2.38. The third kappa shape index (κ3) is 4.05. The SMILES string of the molecule is COc1cc(/C=C2/SC(=O)N(C(C)C)C2=O)cc(I)c1OC(C)C. The lowest BCUT2D eigenvalue weighted by Crippen LogP contribution is -2.34. The van der Waals surface area contributed by atoms with Crippen LogP contribution in [0.25, 0.3) is 6.08 Å². The molecule has 7 heteroatoms. The summed E-state index contributed by atoms with van der Waals surface area (Å²) in [5.41, 5.74) is 0.793. The minimum Gasteiger partial charge on any atom is -0.493 e. The topological polar surface area (TPSA) is 55.8 Å². The molecule has 0 spiro atoms. The molecule has 0 atom stereocenters. The fourth-order valence-corrected chi connectivity index (χ4v) is 3.96. The highest BCUT2D eigenvalue weighted by atomic mass is 127. The second-order valence-electron chi connectivity index (χ2n) is 5.85. The molecule has 0 bridgehead atoms. The van der Waals surface area contributed by atoms with Gasteiger partial charge in [-0.2, -0.15) is 0 Å². The Morgan fingerprint density at radius 3 is 2.38 bits per heavy atom. The molecule has 1 fully saturated rings. The standard InChI is InChI=1S/C17H20INO4S/c1-9(2)19-16(20)14(24-17(19)21)8-11-6-12(18)15(23-10(3)4)13(7-11)22-5/h6-10H,1-5H3/b14-8+. The Bertz CT molecular complexity index is 700. The van der Waals surface area contributed by atoms with Crippen molar-refractivity contribution in [1.29, 1.82) is 0 Å². The summed E-state index contributed by atoms with van der Waals surface area (Å²) >= 11 is 3.14. The number of benzene rings is 1. The molecule has 1 saturated heterocycles. The van der Waals surface area contributed by atoms with Gasteiger partial charge in [0.2, 0.25) is 0 Å². The Morgan fingerprint density at radius 1 is 1.21 bits per heavy atom. The summed E-state index contributed by atoms with van der Waals surface area (Å²) in [7, 11) is 1.58. The van der Waals surface area contributed by atoms with Crippen LogP contribution in [0.4, 0.5) is 4.79 Å². The fourth-order valence-electron chi connectivity index (χ4n) is 2.25. The van der Waals surface area contributed by atoms with Crippen molar-refractivity contribution < 1.29 is 19.1 Å². The number of carbonyl (C=O) groups excluding carboxylic acids is 2. The van der Waals surface area contributed by atoms with Crippen LogP contribution < -0.4 is 9.47 Å². The van der Waals surface area contributed by atoms with Crippen molar-refractivity contribution in [2.45, 2.75) is 39.8 Å². The highest BCUT2D eigenvalue weighted by molar-refractivity contribution is 14.1. The fraction of sp³-hybridized carbons (Fsp3) is 0.412. The monoisotopic (exact) mass is 461 g/mol. The molecule has 1 aliphatic heterocycles. The zero-order valence-corrected chi connectivity index (χ0v) is 17.2. The van der Waals surface area contributed by atoms with E-state index in [4.69, 9.17) is 9.47 Å². The molecule has 1 aromatic rings. The second-order valence-corrected chi connectivity index (χ2v) is 8.00. The second kappa shape index (κ2) is 7.77. The van der Waals surface area contributed by atoms with E-state index >= 15 is 0 Å². The summed E-state index contributed by atoms with van der Waals surface area (Å²) in [5, 5.41) is -0.234. The van der Waals surface area contributed by atoms with E-state index in [9.17, 15) is 9.59 Å². The molecule has 0 aromatic heterocycles. The molecule has 5 nitrogen and oxygen atoms in total. The highest BCUT2D eigenvalue weighted by Gasteiger charge is 2.36. The minimum atomic E-state index is -0.253. The van der Waals surface area contributed by atoms with E-state index in [1.54, 1.807) is 13.2 Å². The maximum atomic E-state index is 12.4. The first kappa shape index (κ1) is 19.1. The summed E-state index contributed by atoms with van der Waals surface area (Å²) in [5.74, 6) is 1.03. The van der Waals surface area contributed by atoms with Gasteiger partial charge in [-0.15, -0.1) is 0 Å². The Hall–Kier alpha value is -1.22. The smallest absolute Gasteiger partial charge is 0.293 e. The van der Waals surface area contributed by atoms with Crippen LogP contribution in [0.5, 0.6) is 11.5 Å². The third-order valence-electron chi connectivity index (χ3n) is 3.24. The van der Waals surface area contributed by atoms with Gasteiger partial charge in [-0.3, -0.25) is 14.5 Å². The number of rotatable bonds is 5. The Kier molecular flexibility index (Phi) is 6.19. The quantitative estimate of drug-likeness (QED) is 0.477. The maximum absolute atomic E-state index is 12.4. The predicted molar refractivity (Wildman–Crippen MR) is 104 cm³/mol. The van der Waals surface area contributed by atoms with Crippen LogP contribution >= 0.6 is 34.4 Å². The van der Waals surface area contributed by atoms with Crippen LogP contribution in [0.15, 0.2) is 17.0 Å². The molecule has 2 rings (SSSR count). The van der Waals surface area contributed by atoms with Crippen molar-refractivity contribution in [3.63, 3.8) is 0 Å². The van der Waals surface area contributed by atoms with Crippen LogP contribution in [0.2, 0.25) is 0 Å². The molecule has 24 heavy (non-hydrogen) atoms. The van der Waals surface area contributed by atoms with Crippen molar-refractivity contribution in [3.8, 4) is 11.5 Å². The number of hydrogen-bond donors (Lipinski definition) is 0. The van der Waals surface area contributed by atoms with E-state index in [0.29, 0.717) is 16.4 Å².